The van der Waals surface area contributed by atoms with Crippen molar-refractivity contribution >= 4 is 192 Å². The highest BCUT2D eigenvalue weighted by atomic mass is 32.5. The van der Waals surface area contributed by atoms with Crippen LogP contribution < -0.4 is 74.9 Å². The third-order valence-corrected chi connectivity index (χ3v) is 49.6. The normalized spacial score (nSPS) is 14.2. The summed E-state index contributed by atoms with van der Waals surface area (Å²) >= 11 is 19.7. The molecule has 24 nitrogen and oxygen atoms in total. The Morgan fingerprint density at radius 3 is 0.479 bits per heavy atom. The van der Waals surface area contributed by atoms with Crippen LogP contribution in [0.3, 0.4) is 0 Å². The minimum atomic E-state index is -4.65. The van der Waals surface area contributed by atoms with Gasteiger partial charge in [0.2, 0.25) is 30.1 Å². The Bertz CT molecular complexity index is 6900. The number of rotatable bonds is 36. The van der Waals surface area contributed by atoms with Gasteiger partial charge in [0.1, 0.15) is 72.2 Å². The minimum absolute atomic E-state index is 0.183. The quantitative estimate of drug-likeness (QED) is 0.0200. The van der Waals surface area contributed by atoms with Gasteiger partial charge in [0, 0.05) is 156 Å². The fraction of sp³-hybridized carbons (Fsp3) is 0.0556. The number of hydrogen-bond donors (Lipinski definition) is 0. The average molecular weight is 2140 g/mol. The Morgan fingerprint density at radius 1 is 0.201 bits per heavy atom. The Hall–Kier alpha value is -13.3. The predicted octanol–water partition coefficient (Wildman–Crippen LogP) is 20.2. The first-order valence-corrected chi connectivity index (χ1v) is 61.9. The van der Waals surface area contributed by atoms with Gasteiger partial charge >= 0.3 is 19.9 Å². The third kappa shape index (κ3) is 24.0. The van der Waals surface area contributed by atoms with E-state index >= 15 is 25.3 Å². The van der Waals surface area contributed by atoms with Gasteiger partial charge < -0.3 is 27.1 Å². The van der Waals surface area contributed by atoms with Crippen molar-refractivity contribution in [2.45, 2.75) is 14.7 Å². The van der Waals surface area contributed by atoms with Crippen molar-refractivity contribution in [1.82, 2.24) is 12.9 Å². The highest BCUT2D eigenvalue weighted by Crippen LogP contribution is 2.65. The average Bonchev–Trinajstić information content (AvgIpc) is 0.743. The molecule has 1 aliphatic rings. The number of nitrogens with zero attached hydrogens (tertiary/aromatic N) is 6. The van der Waals surface area contributed by atoms with Crippen LogP contribution >= 0.6 is 41.1 Å². The molecule has 36 heteroatoms. The molecule has 15 aromatic carbocycles. The van der Waals surface area contributed by atoms with E-state index in [1.807, 2.05) is 182 Å². The SMILES string of the molecule is O=Cc1ccc(OP(=S)(N=P(c2ccccc2)(c2ccccc2)c2ccc(S(=O)(=O)N3C/C=C/CN(S(=O)(=O)c4ccc(P(=NP(=S)(Oc5ccc(C=O)cc5)Oc5ccc(C=O)cc5)(c5ccccc5)c5ccccc5)cc4)C/C=C/CN(S(=O)(=O)c4ccc(P(=NP(=S)(Oc5ccc(C=O)cc5)Oc5ccc(C=O)cc5)(c5ccccc5)c5ccccc5)cc4)C/C=C/C3)cc2)Oc2ccc(C=O)cc2)cc1. The van der Waals surface area contributed by atoms with E-state index in [2.05, 4.69) is 0 Å². The summed E-state index contributed by atoms with van der Waals surface area (Å²) in [5.74, 6) is 1.36. The van der Waals surface area contributed by atoms with Gasteiger partial charge in [-0.3, -0.25) is 28.8 Å². The molecule has 16 rings (SSSR count). The zero-order chi connectivity index (χ0) is 101. The summed E-state index contributed by atoms with van der Waals surface area (Å²) in [6.07, 6.45) is 13.4. The number of carbonyl (C=O) groups is 6. The summed E-state index contributed by atoms with van der Waals surface area (Å²) < 4.78 is 157. The van der Waals surface area contributed by atoms with Gasteiger partial charge in [-0.15, -0.1) is 0 Å². The number of carbonyl (C=O) groups excluding carboxylic acids is 6. The summed E-state index contributed by atoms with van der Waals surface area (Å²) in [6.45, 7) is -14.3. The molecule has 0 aliphatic carbocycles. The van der Waals surface area contributed by atoms with Gasteiger partial charge in [0.15, 0.2) is 0 Å². The smallest absolute Gasteiger partial charge is 0.413 e. The van der Waals surface area contributed by atoms with Crippen LogP contribution in [0.2, 0.25) is 0 Å². The van der Waals surface area contributed by atoms with Crippen LogP contribution in [0.25, 0.3) is 0 Å². The van der Waals surface area contributed by atoms with Gasteiger partial charge in [0.05, 0.1) is 35.8 Å². The minimum Gasteiger partial charge on any atom is -0.419 e. The van der Waals surface area contributed by atoms with Crippen LogP contribution in [0, 0.1) is 0 Å². The lowest BCUT2D eigenvalue weighted by atomic mass is 10.2. The van der Waals surface area contributed by atoms with E-state index in [-0.39, 0.29) is 88.5 Å². The van der Waals surface area contributed by atoms with Crippen LogP contribution in [0.15, 0.2) is 465 Å². The molecule has 1 aliphatic heterocycles. The number of benzene rings is 15. The largest absolute Gasteiger partial charge is 0.419 e. The van der Waals surface area contributed by atoms with E-state index in [1.54, 1.807) is 218 Å². The summed E-state index contributed by atoms with van der Waals surface area (Å²) in [4.78, 5) is 71.1. The fourth-order valence-electron chi connectivity index (χ4n) is 15.7. The summed E-state index contributed by atoms with van der Waals surface area (Å²) in [5, 5.41) is 5.58. The summed E-state index contributed by atoms with van der Waals surface area (Å²) in [6, 6.07) is 112. The molecule has 0 bridgehead atoms. The van der Waals surface area contributed by atoms with Gasteiger partial charge in [-0.1, -0.05) is 255 Å². The van der Waals surface area contributed by atoms with Gasteiger partial charge in [-0.05, 0) is 182 Å². The highest BCUT2D eigenvalue weighted by Gasteiger charge is 2.41. The lowest BCUT2D eigenvalue weighted by Gasteiger charge is -2.30. The summed E-state index contributed by atoms with van der Waals surface area (Å²) in [5.41, 5.74) is 2.19. The maximum Gasteiger partial charge on any atom is 0.413 e. The zero-order valence-corrected chi connectivity index (χ0v) is 86.7. The van der Waals surface area contributed by atoms with E-state index in [9.17, 15) is 28.8 Å². The second-order valence-corrected chi connectivity index (χ2v) is 56.6. The van der Waals surface area contributed by atoms with Crippen molar-refractivity contribution in [2.75, 3.05) is 39.3 Å². The van der Waals surface area contributed by atoms with Crippen LogP contribution in [0.5, 0.6) is 34.5 Å². The molecule has 0 atom stereocenters. The van der Waals surface area contributed by atoms with Crippen molar-refractivity contribution in [2.24, 2.45) is 13.5 Å². The monoisotopic (exact) mass is 2140 g/mol. The van der Waals surface area contributed by atoms with E-state index in [1.165, 1.54) is 49.3 Å². The van der Waals surface area contributed by atoms with E-state index < -0.39 is 71.2 Å². The molecule has 0 saturated carbocycles. The molecule has 0 radical (unpaired) electrons. The highest BCUT2D eigenvalue weighted by molar-refractivity contribution is 8.13. The predicted molar refractivity (Wildman–Crippen MR) is 584 cm³/mol. The molecule has 1 heterocycles. The van der Waals surface area contributed by atoms with Crippen LogP contribution in [-0.2, 0) is 65.5 Å². The molecule has 0 fully saturated rings. The maximum absolute atomic E-state index is 16.0. The van der Waals surface area contributed by atoms with Crippen molar-refractivity contribution in [3.05, 3.63) is 470 Å². The van der Waals surface area contributed by atoms with Crippen molar-refractivity contribution in [1.29, 1.82) is 0 Å². The maximum atomic E-state index is 16.0. The number of aldehydes is 6. The first-order chi connectivity index (χ1) is 69.8. The summed E-state index contributed by atoms with van der Waals surface area (Å²) in [7, 11) is -24.6. The second-order valence-electron chi connectivity index (χ2n) is 32.1. The molecule has 0 amide bonds. The molecule has 0 N–H and O–H groups in total. The third-order valence-electron chi connectivity index (χ3n) is 22.8. The van der Waals surface area contributed by atoms with Crippen molar-refractivity contribution in [3.8, 4) is 34.5 Å². The lowest BCUT2D eigenvalue weighted by molar-refractivity contribution is 0.111. The van der Waals surface area contributed by atoms with Gasteiger partial charge in [-0.25, -0.2) is 25.3 Å². The van der Waals surface area contributed by atoms with E-state index in [0.29, 0.717) is 119 Å². The van der Waals surface area contributed by atoms with Crippen LogP contribution in [-0.4, -0.2) is 115 Å². The van der Waals surface area contributed by atoms with Gasteiger partial charge in [-0.2, -0.15) is 26.5 Å². The number of hydrogen-bond acceptors (Lipinski definition) is 21. The Kier molecular flexibility index (Phi) is 33.5. The van der Waals surface area contributed by atoms with Crippen molar-refractivity contribution < 1.29 is 81.2 Å². The molecular formula is C108H90N6O18P6S6. The molecule has 0 unspecified atom stereocenters. The second kappa shape index (κ2) is 46.6. The molecule has 15 aromatic rings. The standard InChI is InChI=1S/C108H90N6O18P6S6/c115-79-85-37-49-91(50-38-85)127-136(139,128-92-51-39-86(80-116)40-52-92)109-133(97-25-7-1-8-26-97,98-27-9-2-10-28-98)103-61-67-106(68-62-103)142(121,122)112-73-19-21-75-113(143(123,124)107-69-63-104(64-70-107)134(99-29-11-3-12-30-99,100-31-13-4-14-32-100)110-137(140,129-93-53-41-87(81-117)42-54-93)130-94-55-43-88(82-118)44-56-94)77-23-24-78-114(76-22-20-74-112)144(125,126)108-71-65-105(66-72-108)135(101-33-15-5-16-34-101,102-35-17-6-18-36-102)111-138(141,131-95-57-45-89(83-119)46-58-95)132-96-59-47-90(84-120)48-60-96/h1-72,79-84H,73-78H2/b21-19+,22-20+,24-23+. The molecule has 726 valence electrons. The number of sulfonamides is 3. The Morgan fingerprint density at radius 2 is 0.340 bits per heavy atom. The van der Waals surface area contributed by atoms with Crippen LogP contribution in [0.1, 0.15) is 62.1 Å². The Labute approximate surface area is 851 Å². The van der Waals surface area contributed by atoms with Gasteiger partial charge in [0.25, 0.3) is 0 Å². The Balaban J connectivity index is 0.807. The molecule has 0 saturated heterocycles. The zero-order valence-electron chi connectivity index (χ0n) is 76.4. The fourth-order valence-corrected chi connectivity index (χ4v) is 43.2. The van der Waals surface area contributed by atoms with E-state index in [0.717, 1.165) is 0 Å². The van der Waals surface area contributed by atoms with Crippen LogP contribution in [0.4, 0.5) is 0 Å². The first-order valence-electron chi connectivity index (χ1n) is 44.6. The lowest BCUT2D eigenvalue weighted by Crippen LogP contribution is -2.33. The molecule has 0 spiro atoms. The van der Waals surface area contributed by atoms with Crippen molar-refractivity contribution in [3.63, 3.8) is 0 Å². The topological polar surface area (TPSA) is 307 Å². The molecule has 0 aromatic heterocycles. The molecular weight excluding hydrogens is 2050 g/mol. The van der Waals surface area contributed by atoms with E-state index in [4.69, 9.17) is 76.1 Å². The molecule has 144 heavy (non-hydrogen) atoms. The first kappa shape index (κ1) is 104.